The molecule has 2 aliphatic rings. The Hall–Kier alpha value is -1.63. The van der Waals surface area contributed by atoms with Crippen LogP contribution in [0.1, 0.15) is 17.1 Å². The van der Waals surface area contributed by atoms with Gasteiger partial charge >= 0.3 is 0 Å². The standard InChI is InChI=1S/C19H24N2O3S/c1-13-19(25-14(2)20-13)15-9-16(21-4-7-22-8-5-21)11-18(10-15)24-17-3-6-23-12-17/h9-11,17H,3-8,12H2,1-2H3. The molecule has 2 aliphatic heterocycles. The smallest absolute Gasteiger partial charge is 0.124 e. The number of nitrogens with zero attached hydrogens (tertiary/aromatic N) is 2. The fraction of sp³-hybridized carbons (Fsp3) is 0.526. The predicted octanol–water partition coefficient (Wildman–Crippen LogP) is 3.43. The van der Waals surface area contributed by atoms with Crippen molar-refractivity contribution in [2.24, 2.45) is 0 Å². The summed E-state index contributed by atoms with van der Waals surface area (Å²) < 4.78 is 17.2. The lowest BCUT2D eigenvalue weighted by Gasteiger charge is -2.29. The Morgan fingerprint density at radius 3 is 2.64 bits per heavy atom. The summed E-state index contributed by atoms with van der Waals surface area (Å²) in [7, 11) is 0. The third-order valence-electron chi connectivity index (χ3n) is 4.62. The van der Waals surface area contributed by atoms with Crippen LogP contribution in [0.15, 0.2) is 18.2 Å². The van der Waals surface area contributed by atoms with Gasteiger partial charge in [0.1, 0.15) is 11.9 Å². The van der Waals surface area contributed by atoms with Gasteiger partial charge < -0.3 is 19.1 Å². The van der Waals surface area contributed by atoms with Crippen molar-refractivity contribution >= 4 is 17.0 Å². The maximum absolute atomic E-state index is 6.22. The first-order valence-electron chi connectivity index (χ1n) is 8.85. The van der Waals surface area contributed by atoms with Crippen LogP contribution >= 0.6 is 11.3 Å². The van der Waals surface area contributed by atoms with E-state index in [9.17, 15) is 0 Å². The average Bonchev–Trinajstić information content (AvgIpc) is 3.24. The highest BCUT2D eigenvalue weighted by Gasteiger charge is 2.20. The van der Waals surface area contributed by atoms with Gasteiger partial charge in [-0.2, -0.15) is 0 Å². The molecule has 6 heteroatoms. The molecular weight excluding hydrogens is 336 g/mol. The number of ether oxygens (including phenoxy) is 3. The van der Waals surface area contributed by atoms with E-state index in [1.54, 1.807) is 11.3 Å². The molecule has 0 amide bonds. The molecule has 3 heterocycles. The van der Waals surface area contributed by atoms with E-state index in [0.29, 0.717) is 6.61 Å². The number of anilines is 1. The zero-order chi connectivity index (χ0) is 17.2. The summed E-state index contributed by atoms with van der Waals surface area (Å²) in [5.41, 5.74) is 3.46. The molecule has 2 aromatic rings. The molecule has 25 heavy (non-hydrogen) atoms. The predicted molar refractivity (Wildman–Crippen MR) is 99.9 cm³/mol. The number of benzene rings is 1. The second kappa shape index (κ2) is 7.32. The third-order valence-corrected chi connectivity index (χ3v) is 5.75. The van der Waals surface area contributed by atoms with Crippen molar-refractivity contribution in [2.45, 2.75) is 26.4 Å². The summed E-state index contributed by atoms with van der Waals surface area (Å²) in [6.45, 7) is 8.97. The van der Waals surface area contributed by atoms with Gasteiger partial charge in [0.05, 0.1) is 42.0 Å². The largest absolute Gasteiger partial charge is 0.488 e. The number of hydrogen-bond acceptors (Lipinski definition) is 6. The summed E-state index contributed by atoms with van der Waals surface area (Å²) in [6.07, 6.45) is 1.10. The van der Waals surface area contributed by atoms with Crippen LogP contribution in [-0.4, -0.2) is 50.6 Å². The minimum atomic E-state index is 0.150. The van der Waals surface area contributed by atoms with Crippen LogP contribution in [-0.2, 0) is 9.47 Å². The van der Waals surface area contributed by atoms with E-state index in [0.717, 1.165) is 55.8 Å². The van der Waals surface area contributed by atoms with Gasteiger partial charge in [-0.15, -0.1) is 11.3 Å². The Kier molecular flexibility index (Phi) is 4.92. The maximum Gasteiger partial charge on any atom is 0.124 e. The first-order valence-corrected chi connectivity index (χ1v) is 9.67. The molecule has 4 rings (SSSR count). The minimum absolute atomic E-state index is 0.150. The Morgan fingerprint density at radius 2 is 1.96 bits per heavy atom. The van der Waals surface area contributed by atoms with E-state index in [-0.39, 0.29) is 6.10 Å². The zero-order valence-corrected chi connectivity index (χ0v) is 15.6. The lowest BCUT2D eigenvalue weighted by molar-refractivity contribution is 0.122. The van der Waals surface area contributed by atoms with Crippen molar-refractivity contribution in [3.8, 4) is 16.2 Å². The van der Waals surface area contributed by atoms with Crippen molar-refractivity contribution in [1.82, 2.24) is 4.98 Å². The summed E-state index contributed by atoms with van der Waals surface area (Å²) >= 11 is 1.74. The molecule has 2 saturated heterocycles. The molecule has 2 fully saturated rings. The van der Waals surface area contributed by atoms with Crippen molar-refractivity contribution in [3.05, 3.63) is 28.9 Å². The Balaban J connectivity index is 1.69. The quantitative estimate of drug-likeness (QED) is 0.836. The van der Waals surface area contributed by atoms with Crippen LogP contribution in [0.4, 0.5) is 5.69 Å². The second-order valence-corrected chi connectivity index (χ2v) is 7.77. The van der Waals surface area contributed by atoms with Crippen molar-refractivity contribution in [2.75, 3.05) is 44.4 Å². The van der Waals surface area contributed by atoms with Crippen molar-refractivity contribution in [3.63, 3.8) is 0 Å². The molecule has 0 bridgehead atoms. The van der Waals surface area contributed by atoms with Gasteiger partial charge in [-0.05, 0) is 31.5 Å². The lowest BCUT2D eigenvalue weighted by Crippen LogP contribution is -2.36. The van der Waals surface area contributed by atoms with E-state index >= 15 is 0 Å². The number of hydrogen-bond donors (Lipinski definition) is 0. The number of aromatic nitrogens is 1. The normalized spacial score (nSPS) is 20.9. The highest BCUT2D eigenvalue weighted by Crippen LogP contribution is 2.36. The summed E-state index contributed by atoms with van der Waals surface area (Å²) in [6, 6.07) is 6.54. The molecule has 1 atom stereocenters. The van der Waals surface area contributed by atoms with Gasteiger partial charge in [0.25, 0.3) is 0 Å². The van der Waals surface area contributed by atoms with Gasteiger partial charge in [-0.25, -0.2) is 4.98 Å². The molecule has 1 aromatic carbocycles. The van der Waals surface area contributed by atoms with E-state index in [1.807, 2.05) is 0 Å². The highest BCUT2D eigenvalue weighted by atomic mass is 32.1. The molecule has 0 saturated carbocycles. The number of aryl methyl sites for hydroxylation is 2. The molecule has 0 aliphatic carbocycles. The highest BCUT2D eigenvalue weighted by molar-refractivity contribution is 7.15. The molecule has 134 valence electrons. The Morgan fingerprint density at radius 1 is 1.12 bits per heavy atom. The van der Waals surface area contributed by atoms with Gasteiger partial charge in [-0.3, -0.25) is 0 Å². The zero-order valence-electron chi connectivity index (χ0n) is 14.8. The van der Waals surface area contributed by atoms with Crippen LogP contribution in [0.2, 0.25) is 0 Å². The van der Waals surface area contributed by atoms with Crippen LogP contribution < -0.4 is 9.64 Å². The van der Waals surface area contributed by atoms with E-state index in [4.69, 9.17) is 14.2 Å². The summed E-state index contributed by atoms with van der Waals surface area (Å²) in [4.78, 5) is 8.18. The number of rotatable bonds is 4. The van der Waals surface area contributed by atoms with Crippen LogP contribution in [0.5, 0.6) is 5.75 Å². The molecule has 1 unspecified atom stereocenters. The average molecular weight is 360 g/mol. The Labute approximate surface area is 152 Å². The number of morpholine rings is 1. The van der Waals surface area contributed by atoms with E-state index in [2.05, 4.69) is 41.9 Å². The first kappa shape index (κ1) is 16.8. The van der Waals surface area contributed by atoms with Crippen LogP contribution in [0.3, 0.4) is 0 Å². The van der Waals surface area contributed by atoms with Crippen LogP contribution in [0, 0.1) is 13.8 Å². The fourth-order valence-corrected chi connectivity index (χ4v) is 4.29. The summed E-state index contributed by atoms with van der Waals surface area (Å²) in [5, 5.41) is 1.09. The minimum Gasteiger partial charge on any atom is -0.488 e. The fourth-order valence-electron chi connectivity index (χ4n) is 3.38. The van der Waals surface area contributed by atoms with Gasteiger partial charge in [-0.1, -0.05) is 0 Å². The lowest BCUT2D eigenvalue weighted by atomic mass is 10.1. The van der Waals surface area contributed by atoms with E-state index in [1.165, 1.54) is 16.1 Å². The maximum atomic E-state index is 6.22. The van der Waals surface area contributed by atoms with E-state index < -0.39 is 0 Å². The van der Waals surface area contributed by atoms with Gasteiger partial charge in [0.2, 0.25) is 0 Å². The number of thiazole rings is 1. The molecule has 0 N–H and O–H groups in total. The SMILES string of the molecule is Cc1nc(C)c(-c2cc(OC3CCOC3)cc(N3CCOCC3)c2)s1. The molecular formula is C19H24N2O3S. The summed E-state index contributed by atoms with van der Waals surface area (Å²) in [5.74, 6) is 0.917. The van der Waals surface area contributed by atoms with Crippen molar-refractivity contribution < 1.29 is 14.2 Å². The first-order chi connectivity index (χ1) is 12.2. The van der Waals surface area contributed by atoms with Gasteiger partial charge in [0.15, 0.2) is 0 Å². The molecule has 5 nitrogen and oxygen atoms in total. The Bertz CT molecular complexity index is 734. The second-order valence-electron chi connectivity index (χ2n) is 6.57. The van der Waals surface area contributed by atoms with Crippen LogP contribution in [0.25, 0.3) is 10.4 Å². The monoisotopic (exact) mass is 360 g/mol. The molecule has 0 radical (unpaired) electrons. The molecule has 0 spiro atoms. The van der Waals surface area contributed by atoms with Gasteiger partial charge in [0, 0.05) is 31.3 Å². The topological polar surface area (TPSA) is 43.8 Å². The van der Waals surface area contributed by atoms with Crippen molar-refractivity contribution in [1.29, 1.82) is 0 Å². The molecule has 1 aromatic heterocycles. The third kappa shape index (κ3) is 3.81.